The van der Waals surface area contributed by atoms with Gasteiger partial charge in [0.2, 0.25) is 5.88 Å². The van der Waals surface area contributed by atoms with Crippen LogP contribution >= 0.6 is 0 Å². The van der Waals surface area contributed by atoms with Gasteiger partial charge in [-0.25, -0.2) is 0 Å². The minimum Gasteiger partial charge on any atom is -0.476 e. The number of ether oxygens (including phenoxy) is 2. The van der Waals surface area contributed by atoms with E-state index in [9.17, 15) is 0 Å². The van der Waals surface area contributed by atoms with E-state index in [1.54, 1.807) is 0 Å². The summed E-state index contributed by atoms with van der Waals surface area (Å²) < 4.78 is 11.2. The van der Waals surface area contributed by atoms with Crippen molar-refractivity contribution in [2.75, 3.05) is 83.3 Å². The molecule has 0 aromatic carbocycles. The monoisotopic (exact) mass is 321 g/mol. The average Bonchev–Trinajstić information content (AvgIpc) is 2.57. The zero-order valence-corrected chi connectivity index (χ0v) is 13.9. The summed E-state index contributed by atoms with van der Waals surface area (Å²) in [4.78, 5) is 11.3. The normalized spacial score (nSPS) is 20.7. The van der Waals surface area contributed by atoms with Crippen molar-refractivity contribution in [3.63, 3.8) is 0 Å². The number of anilines is 2. The Balaban J connectivity index is 1.52. The lowest BCUT2D eigenvalue weighted by molar-refractivity contribution is 0.122. The first-order chi connectivity index (χ1) is 11.2. The summed E-state index contributed by atoms with van der Waals surface area (Å²) >= 11 is 0. The smallest absolute Gasteiger partial charge is 0.217 e. The van der Waals surface area contributed by atoms with Crippen LogP contribution in [0.5, 0.6) is 5.88 Å². The van der Waals surface area contributed by atoms with Gasteiger partial charge >= 0.3 is 0 Å². The highest BCUT2D eigenvalue weighted by Gasteiger charge is 2.15. The van der Waals surface area contributed by atoms with Crippen molar-refractivity contribution in [2.24, 2.45) is 0 Å². The maximum atomic E-state index is 5.93. The predicted octanol–water partition coefficient (Wildman–Crippen LogP) is 0.127. The van der Waals surface area contributed by atoms with Crippen LogP contribution < -0.4 is 15.4 Å². The van der Waals surface area contributed by atoms with Crippen molar-refractivity contribution in [1.29, 1.82) is 0 Å². The molecule has 2 aliphatic heterocycles. The molecule has 0 unspecified atom stereocenters. The molecule has 0 spiro atoms. The molecule has 0 saturated carbocycles. The maximum Gasteiger partial charge on any atom is 0.217 e. The van der Waals surface area contributed by atoms with Gasteiger partial charge in [0.25, 0.3) is 0 Å². The van der Waals surface area contributed by atoms with Crippen LogP contribution in [0, 0.1) is 0 Å². The fraction of sp³-hybridized carbons (Fsp3) is 0.688. The number of morpholine rings is 1. The molecule has 1 aromatic rings. The van der Waals surface area contributed by atoms with Gasteiger partial charge in [-0.3, -0.25) is 4.90 Å². The molecular weight excluding hydrogens is 294 g/mol. The SMILES string of the molecule is CN1CCN(CCOc2cc(N3CCOCC3)cc(N)n2)CC1. The fourth-order valence-electron chi connectivity index (χ4n) is 2.94. The molecule has 0 bridgehead atoms. The zero-order chi connectivity index (χ0) is 16.1. The van der Waals surface area contributed by atoms with E-state index in [-0.39, 0.29) is 0 Å². The van der Waals surface area contributed by atoms with Crippen molar-refractivity contribution in [3.8, 4) is 5.88 Å². The molecule has 0 aliphatic carbocycles. The van der Waals surface area contributed by atoms with Gasteiger partial charge in [0.1, 0.15) is 12.4 Å². The molecule has 2 N–H and O–H groups in total. The van der Waals surface area contributed by atoms with Crippen LogP contribution in [0.2, 0.25) is 0 Å². The number of hydrogen-bond acceptors (Lipinski definition) is 7. The highest BCUT2D eigenvalue weighted by atomic mass is 16.5. The fourth-order valence-corrected chi connectivity index (χ4v) is 2.94. The second kappa shape index (κ2) is 7.81. The van der Waals surface area contributed by atoms with Crippen LogP contribution in [0.25, 0.3) is 0 Å². The molecule has 128 valence electrons. The van der Waals surface area contributed by atoms with E-state index >= 15 is 0 Å². The highest BCUT2D eigenvalue weighted by Crippen LogP contribution is 2.23. The second-order valence-corrected chi connectivity index (χ2v) is 6.18. The first-order valence-electron chi connectivity index (χ1n) is 8.35. The Morgan fingerprint density at radius 1 is 1.13 bits per heavy atom. The van der Waals surface area contributed by atoms with Crippen molar-refractivity contribution < 1.29 is 9.47 Å². The highest BCUT2D eigenvalue weighted by molar-refractivity contribution is 5.55. The number of aromatic nitrogens is 1. The average molecular weight is 321 g/mol. The van der Waals surface area contributed by atoms with Crippen molar-refractivity contribution >= 4 is 11.5 Å². The Morgan fingerprint density at radius 3 is 2.61 bits per heavy atom. The van der Waals surface area contributed by atoms with E-state index < -0.39 is 0 Å². The Bertz CT molecular complexity index is 499. The molecule has 2 aliphatic rings. The van der Waals surface area contributed by atoms with Gasteiger partial charge in [-0.1, -0.05) is 0 Å². The maximum absolute atomic E-state index is 5.93. The van der Waals surface area contributed by atoms with Crippen LogP contribution in [-0.4, -0.2) is 87.5 Å². The molecule has 2 fully saturated rings. The van der Waals surface area contributed by atoms with Crippen molar-refractivity contribution in [3.05, 3.63) is 12.1 Å². The van der Waals surface area contributed by atoms with E-state index in [1.165, 1.54) is 0 Å². The molecule has 1 aromatic heterocycles. The molecule has 7 nitrogen and oxygen atoms in total. The van der Waals surface area contributed by atoms with E-state index in [0.717, 1.165) is 64.7 Å². The molecule has 3 rings (SSSR count). The van der Waals surface area contributed by atoms with Gasteiger partial charge in [0, 0.05) is 63.6 Å². The number of rotatable bonds is 5. The third-order valence-corrected chi connectivity index (χ3v) is 4.44. The van der Waals surface area contributed by atoms with Crippen LogP contribution in [-0.2, 0) is 4.74 Å². The van der Waals surface area contributed by atoms with Gasteiger partial charge in [-0.05, 0) is 7.05 Å². The van der Waals surface area contributed by atoms with Gasteiger partial charge in [0.15, 0.2) is 0 Å². The minimum absolute atomic E-state index is 0.503. The Labute approximate surface area is 138 Å². The van der Waals surface area contributed by atoms with E-state index in [4.69, 9.17) is 15.2 Å². The molecular formula is C16H27N5O2. The Hall–Kier alpha value is -1.57. The van der Waals surface area contributed by atoms with Gasteiger partial charge in [-0.2, -0.15) is 4.98 Å². The number of nitrogens with zero attached hydrogens (tertiary/aromatic N) is 4. The minimum atomic E-state index is 0.503. The van der Waals surface area contributed by atoms with Gasteiger partial charge in [0.05, 0.1) is 13.2 Å². The lowest BCUT2D eigenvalue weighted by Crippen LogP contribution is -2.45. The van der Waals surface area contributed by atoms with E-state index in [2.05, 4.69) is 26.7 Å². The number of pyridine rings is 1. The topological polar surface area (TPSA) is 67.1 Å². The Morgan fingerprint density at radius 2 is 1.87 bits per heavy atom. The van der Waals surface area contributed by atoms with Crippen LogP contribution in [0.15, 0.2) is 12.1 Å². The molecule has 7 heteroatoms. The standard InChI is InChI=1S/C16H27N5O2/c1-19-2-4-20(5-3-19)6-11-23-16-13-14(12-15(17)18-16)21-7-9-22-10-8-21/h12-13H,2-11H2,1H3,(H2,17,18). The largest absolute Gasteiger partial charge is 0.476 e. The summed E-state index contributed by atoms with van der Waals surface area (Å²) in [5, 5.41) is 0. The van der Waals surface area contributed by atoms with Crippen LogP contribution in [0.4, 0.5) is 11.5 Å². The van der Waals surface area contributed by atoms with Gasteiger partial charge in [-0.15, -0.1) is 0 Å². The second-order valence-electron chi connectivity index (χ2n) is 6.18. The molecule has 0 atom stereocenters. The van der Waals surface area contributed by atoms with Crippen molar-refractivity contribution in [2.45, 2.75) is 0 Å². The molecule has 0 radical (unpaired) electrons. The summed E-state index contributed by atoms with van der Waals surface area (Å²) in [7, 11) is 2.16. The van der Waals surface area contributed by atoms with Crippen molar-refractivity contribution in [1.82, 2.24) is 14.8 Å². The first-order valence-corrected chi connectivity index (χ1v) is 8.35. The zero-order valence-electron chi connectivity index (χ0n) is 13.9. The summed E-state index contributed by atoms with van der Waals surface area (Å²) in [6.07, 6.45) is 0. The molecule has 2 saturated heterocycles. The molecule has 23 heavy (non-hydrogen) atoms. The third kappa shape index (κ3) is 4.70. The Kier molecular flexibility index (Phi) is 5.53. The quantitative estimate of drug-likeness (QED) is 0.826. The number of nitrogen functional groups attached to an aromatic ring is 1. The number of likely N-dealkylation sites (N-methyl/N-ethyl adjacent to an activating group) is 1. The summed E-state index contributed by atoms with van der Waals surface area (Å²) in [6.45, 7) is 9.28. The van der Waals surface area contributed by atoms with E-state index in [1.807, 2.05) is 12.1 Å². The van der Waals surface area contributed by atoms with Gasteiger partial charge < -0.3 is 25.0 Å². The number of piperazine rings is 1. The molecule has 3 heterocycles. The summed E-state index contributed by atoms with van der Waals surface area (Å²) in [5.41, 5.74) is 7.00. The van der Waals surface area contributed by atoms with Crippen LogP contribution in [0.3, 0.4) is 0 Å². The van der Waals surface area contributed by atoms with Crippen LogP contribution in [0.1, 0.15) is 0 Å². The number of hydrogen-bond donors (Lipinski definition) is 1. The van der Waals surface area contributed by atoms with E-state index in [0.29, 0.717) is 18.3 Å². The number of nitrogens with two attached hydrogens (primary N) is 1. The lowest BCUT2D eigenvalue weighted by Gasteiger charge is -2.32. The molecule has 0 amide bonds. The predicted molar refractivity (Wildman–Crippen MR) is 91.1 cm³/mol. The third-order valence-electron chi connectivity index (χ3n) is 4.44. The first kappa shape index (κ1) is 16.3. The lowest BCUT2D eigenvalue weighted by atomic mass is 10.3. The summed E-state index contributed by atoms with van der Waals surface area (Å²) in [6, 6.07) is 3.88. The summed E-state index contributed by atoms with van der Waals surface area (Å²) in [5.74, 6) is 1.12.